The van der Waals surface area contributed by atoms with Crippen LogP contribution in [0.4, 0.5) is 0 Å². The smallest absolute Gasteiger partial charge is 0.251 e. The molecule has 4 rings (SSSR count). The van der Waals surface area contributed by atoms with Crippen molar-refractivity contribution in [3.63, 3.8) is 0 Å². The second-order valence-corrected chi connectivity index (χ2v) is 8.32. The van der Waals surface area contributed by atoms with Crippen LogP contribution in [0.1, 0.15) is 42.1 Å². The van der Waals surface area contributed by atoms with E-state index in [-0.39, 0.29) is 11.9 Å². The van der Waals surface area contributed by atoms with Gasteiger partial charge < -0.3 is 5.32 Å². The normalized spacial score (nSPS) is 11.7. The van der Waals surface area contributed by atoms with E-state index < -0.39 is 0 Å². The molecule has 0 spiro atoms. The molecule has 3 heteroatoms. The molecule has 1 N–H and O–H groups in total. The molecule has 3 nitrogen and oxygen atoms in total. The van der Waals surface area contributed by atoms with E-state index in [1.165, 1.54) is 5.56 Å². The van der Waals surface area contributed by atoms with E-state index in [9.17, 15) is 4.79 Å². The molecule has 0 saturated carbocycles. The van der Waals surface area contributed by atoms with Crippen LogP contribution in [0.3, 0.4) is 0 Å². The monoisotopic (exact) mass is 434 g/mol. The minimum Gasteiger partial charge on any atom is -0.349 e. The van der Waals surface area contributed by atoms with Crippen LogP contribution in [0, 0.1) is 0 Å². The van der Waals surface area contributed by atoms with Crippen molar-refractivity contribution in [1.82, 2.24) is 10.3 Å². The van der Waals surface area contributed by atoms with Crippen LogP contribution in [-0.4, -0.2) is 16.9 Å². The average molecular weight is 435 g/mol. The summed E-state index contributed by atoms with van der Waals surface area (Å²) in [7, 11) is 0. The standard InChI is InChI=1S/C30H30N2O/c1-2-27(17-9-11-23-12-10-20-31-22-23)32-30(33)26-18-19-28(24-13-5-3-6-14-24)29(21-26)25-15-7-4-8-16-25/h3-8,10,12-16,18-22,27H,2,9,11,17H2,1H3,(H,32,33). The van der Waals surface area contributed by atoms with Gasteiger partial charge in [0, 0.05) is 24.0 Å². The lowest BCUT2D eigenvalue weighted by Gasteiger charge is -2.18. The molecule has 0 aliphatic heterocycles. The minimum atomic E-state index is -0.0139. The summed E-state index contributed by atoms with van der Waals surface area (Å²) in [5.74, 6) is -0.0139. The molecule has 0 bridgehead atoms. The van der Waals surface area contributed by atoms with E-state index in [1.54, 1.807) is 6.20 Å². The summed E-state index contributed by atoms with van der Waals surface area (Å²) in [4.78, 5) is 17.3. The van der Waals surface area contributed by atoms with Crippen LogP contribution in [0.15, 0.2) is 103 Å². The summed E-state index contributed by atoms with van der Waals surface area (Å²) >= 11 is 0. The number of carbonyl (C=O) groups excluding carboxylic acids is 1. The van der Waals surface area contributed by atoms with Gasteiger partial charge in [-0.2, -0.15) is 0 Å². The zero-order valence-electron chi connectivity index (χ0n) is 19.1. The number of benzene rings is 3. The molecule has 33 heavy (non-hydrogen) atoms. The minimum absolute atomic E-state index is 0.0139. The SMILES string of the molecule is CCC(CCCc1cccnc1)NC(=O)c1ccc(-c2ccccc2)c(-c2ccccc2)c1. The Kier molecular flexibility index (Phi) is 7.65. The molecule has 0 fully saturated rings. The van der Waals surface area contributed by atoms with Crippen molar-refractivity contribution >= 4 is 5.91 Å². The Hall–Kier alpha value is -3.72. The largest absolute Gasteiger partial charge is 0.349 e. The van der Waals surface area contributed by atoms with Gasteiger partial charge in [0.25, 0.3) is 5.91 Å². The van der Waals surface area contributed by atoms with Crippen molar-refractivity contribution in [3.8, 4) is 22.3 Å². The lowest BCUT2D eigenvalue weighted by Crippen LogP contribution is -2.34. The predicted molar refractivity (Wildman–Crippen MR) is 136 cm³/mol. The topological polar surface area (TPSA) is 42.0 Å². The van der Waals surface area contributed by atoms with Crippen LogP contribution >= 0.6 is 0 Å². The van der Waals surface area contributed by atoms with Crippen molar-refractivity contribution in [2.75, 3.05) is 0 Å². The third kappa shape index (κ3) is 5.95. The molecule has 0 saturated heterocycles. The number of hydrogen-bond acceptors (Lipinski definition) is 2. The van der Waals surface area contributed by atoms with E-state index in [2.05, 4.69) is 53.6 Å². The van der Waals surface area contributed by atoms with Gasteiger partial charge >= 0.3 is 0 Å². The fraction of sp³-hybridized carbons (Fsp3) is 0.200. The quantitative estimate of drug-likeness (QED) is 0.310. The molecule has 0 aliphatic rings. The maximum atomic E-state index is 13.2. The molecule has 3 aromatic carbocycles. The zero-order chi connectivity index (χ0) is 22.9. The fourth-order valence-corrected chi connectivity index (χ4v) is 4.16. The van der Waals surface area contributed by atoms with Gasteiger partial charge in [-0.3, -0.25) is 9.78 Å². The summed E-state index contributed by atoms with van der Waals surface area (Å²) in [6, 6.07) is 30.8. The highest BCUT2D eigenvalue weighted by Crippen LogP contribution is 2.33. The number of aryl methyl sites for hydroxylation is 1. The molecule has 1 atom stereocenters. The number of aromatic nitrogens is 1. The highest BCUT2D eigenvalue weighted by molar-refractivity contribution is 5.98. The van der Waals surface area contributed by atoms with Crippen LogP contribution in [0.25, 0.3) is 22.3 Å². The average Bonchev–Trinajstić information content (AvgIpc) is 2.89. The zero-order valence-corrected chi connectivity index (χ0v) is 19.1. The number of nitrogens with zero attached hydrogens (tertiary/aromatic N) is 1. The van der Waals surface area contributed by atoms with E-state index in [4.69, 9.17) is 0 Å². The van der Waals surface area contributed by atoms with E-state index >= 15 is 0 Å². The maximum Gasteiger partial charge on any atom is 0.251 e. The number of amides is 1. The predicted octanol–water partition coefficient (Wildman–Crippen LogP) is 6.95. The molecular formula is C30H30N2O. The Morgan fingerprint density at radius 3 is 2.18 bits per heavy atom. The van der Waals surface area contributed by atoms with Crippen molar-refractivity contribution in [2.45, 2.75) is 38.6 Å². The second kappa shape index (κ2) is 11.2. The first-order valence-electron chi connectivity index (χ1n) is 11.7. The lowest BCUT2D eigenvalue weighted by atomic mass is 9.92. The molecule has 1 unspecified atom stereocenters. The molecule has 0 aliphatic carbocycles. The highest BCUT2D eigenvalue weighted by atomic mass is 16.1. The Morgan fingerprint density at radius 1 is 0.848 bits per heavy atom. The Balaban J connectivity index is 1.51. The van der Waals surface area contributed by atoms with Crippen molar-refractivity contribution in [3.05, 3.63) is 115 Å². The first-order valence-corrected chi connectivity index (χ1v) is 11.7. The summed E-state index contributed by atoms with van der Waals surface area (Å²) in [6.45, 7) is 2.13. The molecule has 1 amide bonds. The van der Waals surface area contributed by atoms with Crippen molar-refractivity contribution in [1.29, 1.82) is 0 Å². The molecular weight excluding hydrogens is 404 g/mol. The van der Waals surface area contributed by atoms with E-state index in [0.717, 1.165) is 47.9 Å². The van der Waals surface area contributed by atoms with Crippen LogP contribution < -0.4 is 5.32 Å². The van der Waals surface area contributed by atoms with Crippen LogP contribution in [0.2, 0.25) is 0 Å². The number of nitrogens with one attached hydrogen (secondary N) is 1. The molecule has 1 heterocycles. The molecule has 4 aromatic rings. The second-order valence-electron chi connectivity index (χ2n) is 8.32. The first kappa shape index (κ1) is 22.5. The van der Waals surface area contributed by atoms with E-state index in [1.807, 2.05) is 60.8 Å². The summed E-state index contributed by atoms with van der Waals surface area (Å²) in [5, 5.41) is 3.25. The van der Waals surface area contributed by atoms with Crippen LogP contribution in [0.5, 0.6) is 0 Å². The van der Waals surface area contributed by atoms with E-state index in [0.29, 0.717) is 5.56 Å². The van der Waals surface area contributed by atoms with Gasteiger partial charge in [0.05, 0.1) is 0 Å². The van der Waals surface area contributed by atoms with Gasteiger partial charge in [0.2, 0.25) is 0 Å². The van der Waals surface area contributed by atoms with Crippen molar-refractivity contribution < 1.29 is 4.79 Å². The number of carbonyl (C=O) groups is 1. The molecule has 1 aromatic heterocycles. The Labute approximate surface area is 196 Å². The van der Waals surface area contributed by atoms with Gasteiger partial charge in [0.15, 0.2) is 0 Å². The summed E-state index contributed by atoms with van der Waals surface area (Å²) in [6.07, 6.45) is 7.57. The van der Waals surface area contributed by atoms with Gasteiger partial charge in [0.1, 0.15) is 0 Å². The van der Waals surface area contributed by atoms with Gasteiger partial charge in [-0.05, 0) is 71.7 Å². The Bertz CT molecular complexity index is 1160. The van der Waals surface area contributed by atoms with Crippen molar-refractivity contribution in [2.24, 2.45) is 0 Å². The molecule has 166 valence electrons. The summed E-state index contributed by atoms with van der Waals surface area (Å²) in [5.41, 5.74) is 6.38. The first-order chi connectivity index (χ1) is 16.2. The fourth-order valence-electron chi connectivity index (χ4n) is 4.16. The van der Waals surface area contributed by atoms with Gasteiger partial charge in [-0.25, -0.2) is 0 Å². The third-order valence-electron chi connectivity index (χ3n) is 6.02. The van der Waals surface area contributed by atoms with Gasteiger partial charge in [-0.1, -0.05) is 79.7 Å². The Morgan fingerprint density at radius 2 is 1.55 bits per heavy atom. The third-order valence-corrected chi connectivity index (χ3v) is 6.02. The van der Waals surface area contributed by atoms with Crippen LogP contribution in [-0.2, 0) is 6.42 Å². The highest BCUT2D eigenvalue weighted by Gasteiger charge is 2.15. The maximum absolute atomic E-state index is 13.2. The number of hydrogen-bond donors (Lipinski definition) is 1. The van der Waals surface area contributed by atoms with Gasteiger partial charge in [-0.15, -0.1) is 0 Å². The lowest BCUT2D eigenvalue weighted by molar-refractivity contribution is 0.0933. The molecule has 0 radical (unpaired) electrons. The summed E-state index contributed by atoms with van der Waals surface area (Å²) < 4.78 is 0. The number of rotatable bonds is 9. The number of pyridine rings is 1.